The zero-order chi connectivity index (χ0) is 11.8. The molecule has 0 bridgehead atoms. The van der Waals surface area contributed by atoms with Crippen LogP contribution in [0.25, 0.3) is 0 Å². The van der Waals surface area contributed by atoms with Crippen molar-refractivity contribution >= 4 is 0 Å². The van der Waals surface area contributed by atoms with Crippen molar-refractivity contribution < 1.29 is 4.74 Å². The van der Waals surface area contributed by atoms with Gasteiger partial charge in [0.25, 0.3) is 0 Å². The van der Waals surface area contributed by atoms with Crippen LogP contribution in [0, 0.1) is 6.92 Å². The average Bonchev–Trinajstić information content (AvgIpc) is 2.31. The highest BCUT2D eigenvalue weighted by Gasteiger charge is 2.07. The van der Waals surface area contributed by atoms with Crippen molar-refractivity contribution in [1.82, 2.24) is 0 Å². The Kier molecular flexibility index (Phi) is 5.99. The van der Waals surface area contributed by atoms with E-state index in [0.29, 0.717) is 6.10 Å². The molecule has 1 unspecified atom stereocenters. The van der Waals surface area contributed by atoms with Crippen LogP contribution in [-0.4, -0.2) is 6.10 Å². The maximum Gasteiger partial charge on any atom is 0.119 e. The Morgan fingerprint density at radius 1 is 1.06 bits per heavy atom. The largest absolute Gasteiger partial charge is 0.490 e. The van der Waals surface area contributed by atoms with E-state index in [2.05, 4.69) is 45.0 Å². The summed E-state index contributed by atoms with van der Waals surface area (Å²) in [5.74, 6) is 1.01. The van der Waals surface area contributed by atoms with Gasteiger partial charge in [0.2, 0.25) is 0 Å². The number of rotatable bonds is 7. The molecule has 0 heterocycles. The molecule has 0 saturated carbocycles. The molecule has 0 N–H and O–H groups in total. The average molecular weight is 220 g/mol. The van der Waals surface area contributed by atoms with Gasteiger partial charge in [-0.15, -0.1) is 0 Å². The van der Waals surface area contributed by atoms with E-state index in [4.69, 9.17) is 4.74 Å². The number of ether oxygens (including phenoxy) is 1. The number of benzene rings is 1. The van der Waals surface area contributed by atoms with Gasteiger partial charge in [-0.1, -0.05) is 44.4 Å². The predicted molar refractivity (Wildman–Crippen MR) is 70.0 cm³/mol. The molecule has 0 spiro atoms. The van der Waals surface area contributed by atoms with Crippen molar-refractivity contribution in [2.24, 2.45) is 0 Å². The van der Waals surface area contributed by atoms with Crippen molar-refractivity contribution in [3.8, 4) is 5.75 Å². The Balaban J connectivity index is 2.40. The Hall–Kier alpha value is -0.980. The predicted octanol–water partition coefficient (Wildman–Crippen LogP) is 4.73. The summed E-state index contributed by atoms with van der Waals surface area (Å²) in [6.45, 7) is 6.54. The van der Waals surface area contributed by atoms with E-state index in [1.807, 2.05) is 0 Å². The van der Waals surface area contributed by atoms with Crippen molar-refractivity contribution in [1.29, 1.82) is 0 Å². The van der Waals surface area contributed by atoms with E-state index in [1.165, 1.54) is 31.2 Å². The standard InChI is InChI=1S/C15H24O/c1-4-6-7-8-14(5-2)16-15-11-9-13(3)10-12-15/h9-12,14H,4-8H2,1-3H3. The highest BCUT2D eigenvalue weighted by atomic mass is 16.5. The minimum atomic E-state index is 0.384. The van der Waals surface area contributed by atoms with Crippen LogP contribution in [-0.2, 0) is 0 Å². The number of aryl methyl sites for hydroxylation is 1. The maximum atomic E-state index is 5.97. The lowest BCUT2D eigenvalue weighted by Gasteiger charge is -2.17. The third-order valence-corrected chi connectivity index (χ3v) is 2.91. The lowest BCUT2D eigenvalue weighted by molar-refractivity contribution is 0.183. The monoisotopic (exact) mass is 220 g/mol. The Bertz CT molecular complexity index is 276. The van der Waals surface area contributed by atoms with E-state index in [-0.39, 0.29) is 0 Å². The van der Waals surface area contributed by atoms with Crippen molar-refractivity contribution in [2.45, 2.75) is 59.0 Å². The van der Waals surface area contributed by atoms with E-state index in [1.54, 1.807) is 0 Å². The maximum absolute atomic E-state index is 5.97. The molecule has 1 atom stereocenters. The van der Waals surface area contributed by atoms with Crippen LogP contribution in [0.3, 0.4) is 0 Å². The smallest absolute Gasteiger partial charge is 0.119 e. The molecule has 1 nitrogen and oxygen atoms in total. The molecule has 0 amide bonds. The Morgan fingerprint density at radius 2 is 1.75 bits per heavy atom. The van der Waals surface area contributed by atoms with Crippen LogP contribution in [0.4, 0.5) is 0 Å². The molecule has 90 valence electrons. The molecule has 0 fully saturated rings. The van der Waals surface area contributed by atoms with Crippen molar-refractivity contribution in [3.05, 3.63) is 29.8 Å². The number of hydrogen-bond acceptors (Lipinski definition) is 1. The van der Waals surface area contributed by atoms with Gasteiger partial charge in [0, 0.05) is 0 Å². The highest BCUT2D eigenvalue weighted by molar-refractivity contribution is 5.26. The van der Waals surface area contributed by atoms with Crippen LogP contribution in [0.2, 0.25) is 0 Å². The molecule has 0 radical (unpaired) electrons. The molecule has 0 aromatic heterocycles. The second kappa shape index (κ2) is 7.32. The summed E-state index contributed by atoms with van der Waals surface area (Å²) in [7, 11) is 0. The molecule has 1 heteroatoms. The summed E-state index contributed by atoms with van der Waals surface area (Å²) in [6, 6.07) is 8.35. The fourth-order valence-corrected chi connectivity index (χ4v) is 1.78. The van der Waals surface area contributed by atoms with E-state index in [0.717, 1.165) is 12.2 Å². The molecule has 1 rings (SSSR count). The first kappa shape index (κ1) is 13.1. The van der Waals surface area contributed by atoms with Crippen LogP contribution in [0.15, 0.2) is 24.3 Å². The zero-order valence-corrected chi connectivity index (χ0v) is 10.8. The van der Waals surface area contributed by atoms with Gasteiger partial charge in [-0.05, 0) is 38.3 Å². The second-order valence-electron chi connectivity index (χ2n) is 4.46. The van der Waals surface area contributed by atoms with Gasteiger partial charge in [-0.3, -0.25) is 0 Å². The molecule has 1 aromatic carbocycles. The molecular formula is C15H24O. The van der Waals surface area contributed by atoms with Gasteiger partial charge in [0.1, 0.15) is 5.75 Å². The molecule has 1 aromatic rings. The summed E-state index contributed by atoms with van der Waals surface area (Å²) in [4.78, 5) is 0. The zero-order valence-electron chi connectivity index (χ0n) is 10.8. The fraction of sp³-hybridized carbons (Fsp3) is 0.600. The first-order valence-corrected chi connectivity index (χ1v) is 6.49. The quantitative estimate of drug-likeness (QED) is 0.603. The first-order valence-electron chi connectivity index (χ1n) is 6.49. The highest BCUT2D eigenvalue weighted by Crippen LogP contribution is 2.17. The minimum Gasteiger partial charge on any atom is -0.490 e. The van der Waals surface area contributed by atoms with E-state index in [9.17, 15) is 0 Å². The van der Waals surface area contributed by atoms with Gasteiger partial charge >= 0.3 is 0 Å². The number of hydrogen-bond donors (Lipinski definition) is 0. The van der Waals surface area contributed by atoms with Crippen molar-refractivity contribution in [2.75, 3.05) is 0 Å². The second-order valence-corrected chi connectivity index (χ2v) is 4.46. The van der Waals surface area contributed by atoms with Gasteiger partial charge < -0.3 is 4.74 Å². The first-order chi connectivity index (χ1) is 7.76. The number of unbranched alkanes of at least 4 members (excludes halogenated alkanes) is 2. The van der Waals surface area contributed by atoms with E-state index >= 15 is 0 Å². The van der Waals surface area contributed by atoms with Gasteiger partial charge in [-0.25, -0.2) is 0 Å². The topological polar surface area (TPSA) is 9.23 Å². The Morgan fingerprint density at radius 3 is 2.31 bits per heavy atom. The normalized spacial score (nSPS) is 12.4. The molecular weight excluding hydrogens is 196 g/mol. The lowest BCUT2D eigenvalue weighted by atomic mass is 10.1. The molecule has 0 aliphatic carbocycles. The molecule has 16 heavy (non-hydrogen) atoms. The van der Waals surface area contributed by atoms with Gasteiger partial charge in [-0.2, -0.15) is 0 Å². The van der Waals surface area contributed by atoms with Crippen molar-refractivity contribution in [3.63, 3.8) is 0 Å². The third kappa shape index (κ3) is 4.69. The summed E-state index contributed by atoms with van der Waals surface area (Å²) >= 11 is 0. The van der Waals surface area contributed by atoms with Gasteiger partial charge in [0.05, 0.1) is 6.10 Å². The molecule has 0 saturated heterocycles. The fourth-order valence-electron chi connectivity index (χ4n) is 1.78. The Labute approximate surface area is 99.8 Å². The summed E-state index contributed by atoms with van der Waals surface area (Å²) < 4.78 is 5.97. The minimum absolute atomic E-state index is 0.384. The SMILES string of the molecule is CCCCCC(CC)Oc1ccc(C)cc1. The summed E-state index contributed by atoms with van der Waals surface area (Å²) in [5, 5.41) is 0. The van der Waals surface area contributed by atoms with Gasteiger partial charge in [0.15, 0.2) is 0 Å². The van der Waals surface area contributed by atoms with Crippen LogP contribution in [0.1, 0.15) is 51.5 Å². The van der Waals surface area contributed by atoms with E-state index < -0.39 is 0 Å². The molecule has 0 aliphatic heterocycles. The molecule has 0 aliphatic rings. The van der Waals surface area contributed by atoms with Crippen LogP contribution < -0.4 is 4.74 Å². The van der Waals surface area contributed by atoms with Crippen LogP contribution >= 0.6 is 0 Å². The lowest BCUT2D eigenvalue weighted by Crippen LogP contribution is -2.15. The summed E-state index contributed by atoms with van der Waals surface area (Å²) in [5.41, 5.74) is 1.28. The van der Waals surface area contributed by atoms with Crippen LogP contribution in [0.5, 0.6) is 5.75 Å². The third-order valence-electron chi connectivity index (χ3n) is 2.91. The summed E-state index contributed by atoms with van der Waals surface area (Å²) in [6.07, 6.45) is 6.53.